The van der Waals surface area contributed by atoms with Crippen LogP contribution in [0.2, 0.25) is 0 Å². The van der Waals surface area contributed by atoms with Gasteiger partial charge < -0.3 is 15.2 Å². The van der Waals surface area contributed by atoms with Gasteiger partial charge in [0.1, 0.15) is 0 Å². The fourth-order valence-corrected chi connectivity index (χ4v) is 3.19. The SMILES string of the molecule is O=C(/C=C/c1cccc(F)c1F)NC(CO)c1cccc(CN2CCOCC2)c1. The van der Waals surface area contributed by atoms with Crippen LogP contribution in [0.15, 0.2) is 48.5 Å². The number of amides is 1. The fourth-order valence-electron chi connectivity index (χ4n) is 3.19. The highest BCUT2D eigenvalue weighted by atomic mass is 19.2. The van der Waals surface area contributed by atoms with Crippen LogP contribution in [0.3, 0.4) is 0 Å². The average Bonchev–Trinajstić information content (AvgIpc) is 2.74. The smallest absolute Gasteiger partial charge is 0.244 e. The van der Waals surface area contributed by atoms with Crippen LogP contribution in [-0.4, -0.2) is 48.8 Å². The summed E-state index contributed by atoms with van der Waals surface area (Å²) in [7, 11) is 0. The van der Waals surface area contributed by atoms with Crippen LogP contribution in [0, 0.1) is 11.6 Å². The lowest BCUT2D eigenvalue weighted by Gasteiger charge is -2.27. The molecular formula is C22H24F2N2O3. The van der Waals surface area contributed by atoms with Crippen molar-refractivity contribution in [2.45, 2.75) is 12.6 Å². The van der Waals surface area contributed by atoms with Crippen molar-refractivity contribution in [3.63, 3.8) is 0 Å². The molecule has 1 heterocycles. The second-order valence-corrected chi connectivity index (χ2v) is 6.85. The van der Waals surface area contributed by atoms with Crippen LogP contribution >= 0.6 is 0 Å². The molecule has 0 spiro atoms. The summed E-state index contributed by atoms with van der Waals surface area (Å²) in [6.07, 6.45) is 2.33. The summed E-state index contributed by atoms with van der Waals surface area (Å²) in [5.74, 6) is -2.49. The first-order valence-electron chi connectivity index (χ1n) is 9.49. The summed E-state index contributed by atoms with van der Waals surface area (Å²) >= 11 is 0. The van der Waals surface area contributed by atoms with Crippen molar-refractivity contribution in [1.82, 2.24) is 10.2 Å². The first-order valence-corrected chi connectivity index (χ1v) is 9.49. The van der Waals surface area contributed by atoms with E-state index < -0.39 is 23.6 Å². The predicted molar refractivity (Wildman–Crippen MR) is 106 cm³/mol. The maximum absolute atomic E-state index is 13.7. The molecule has 1 saturated heterocycles. The number of hydrogen-bond donors (Lipinski definition) is 2. The highest BCUT2D eigenvalue weighted by Gasteiger charge is 2.15. The Balaban J connectivity index is 1.64. The van der Waals surface area contributed by atoms with Crippen molar-refractivity contribution in [1.29, 1.82) is 0 Å². The van der Waals surface area contributed by atoms with Crippen molar-refractivity contribution in [2.75, 3.05) is 32.9 Å². The molecule has 2 aromatic rings. The number of ether oxygens (including phenoxy) is 1. The first-order chi connectivity index (χ1) is 14.1. The van der Waals surface area contributed by atoms with E-state index >= 15 is 0 Å². The van der Waals surface area contributed by atoms with Crippen molar-refractivity contribution in [3.05, 3.63) is 76.9 Å². The summed E-state index contributed by atoms with van der Waals surface area (Å²) in [5, 5.41) is 12.4. The standard InChI is InChI=1S/C22H24F2N2O3/c23-19-6-2-4-17(22(19)24)7-8-21(28)25-20(15-27)18-5-1-3-16(13-18)14-26-9-11-29-12-10-26/h1-8,13,20,27H,9-12,14-15H2,(H,25,28)/b8-7+. The minimum atomic E-state index is -1.01. The molecule has 1 unspecified atom stereocenters. The van der Waals surface area contributed by atoms with E-state index in [1.54, 1.807) is 0 Å². The Labute approximate surface area is 168 Å². The summed E-state index contributed by atoms with van der Waals surface area (Å²) in [5.41, 5.74) is 1.83. The lowest BCUT2D eigenvalue weighted by Crippen LogP contribution is -2.35. The quantitative estimate of drug-likeness (QED) is 0.699. The third kappa shape index (κ3) is 5.93. The largest absolute Gasteiger partial charge is 0.394 e. The minimum absolute atomic E-state index is 0.0202. The molecule has 0 bridgehead atoms. The molecule has 1 aliphatic heterocycles. The molecule has 3 rings (SSSR count). The van der Waals surface area contributed by atoms with Crippen molar-refractivity contribution in [3.8, 4) is 0 Å². The Bertz CT molecular complexity index is 867. The van der Waals surface area contributed by atoms with Crippen LogP contribution in [0.1, 0.15) is 22.7 Å². The Morgan fingerprint density at radius 1 is 1.21 bits per heavy atom. The third-order valence-corrected chi connectivity index (χ3v) is 4.76. The van der Waals surface area contributed by atoms with E-state index in [1.807, 2.05) is 24.3 Å². The number of carbonyl (C=O) groups excluding carboxylic acids is 1. The highest BCUT2D eigenvalue weighted by molar-refractivity contribution is 5.92. The zero-order valence-corrected chi connectivity index (χ0v) is 16.0. The number of hydrogen-bond acceptors (Lipinski definition) is 4. The van der Waals surface area contributed by atoms with E-state index in [4.69, 9.17) is 4.74 Å². The maximum Gasteiger partial charge on any atom is 0.244 e. The summed E-state index contributed by atoms with van der Waals surface area (Å²) in [4.78, 5) is 14.5. The second-order valence-electron chi connectivity index (χ2n) is 6.85. The molecule has 2 N–H and O–H groups in total. The number of benzene rings is 2. The molecule has 0 saturated carbocycles. The van der Waals surface area contributed by atoms with Gasteiger partial charge in [0.15, 0.2) is 11.6 Å². The molecule has 2 aromatic carbocycles. The van der Waals surface area contributed by atoms with E-state index in [1.165, 1.54) is 18.2 Å². The van der Waals surface area contributed by atoms with Gasteiger partial charge in [0.2, 0.25) is 5.91 Å². The monoisotopic (exact) mass is 402 g/mol. The van der Waals surface area contributed by atoms with Crippen LogP contribution in [0.5, 0.6) is 0 Å². The van der Waals surface area contributed by atoms with Crippen LogP contribution < -0.4 is 5.32 Å². The molecule has 0 aliphatic carbocycles. The van der Waals surface area contributed by atoms with Gasteiger partial charge in [0, 0.05) is 31.3 Å². The summed E-state index contributed by atoms with van der Waals surface area (Å²) < 4.78 is 32.3. The topological polar surface area (TPSA) is 61.8 Å². The lowest BCUT2D eigenvalue weighted by atomic mass is 10.0. The molecule has 7 heteroatoms. The van der Waals surface area contributed by atoms with E-state index in [2.05, 4.69) is 10.2 Å². The van der Waals surface area contributed by atoms with Crippen molar-refractivity contribution < 1.29 is 23.4 Å². The van der Waals surface area contributed by atoms with Crippen LogP contribution in [0.4, 0.5) is 8.78 Å². The van der Waals surface area contributed by atoms with Gasteiger partial charge in [-0.05, 0) is 23.3 Å². The van der Waals surface area contributed by atoms with Crippen LogP contribution in [-0.2, 0) is 16.1 Å². The van der Waals surface area contributed by atoms with E-state index in [0.29, 0.717) is 13.2 Å². The second kappa shape index (κ2) is 10.2. The molecule has 1 fully saturated rings. The maximum atomic E-state index is 13.7. The van der Waals surface area contributed by atoms with E-state index in [9.17, 15) is 18.7 Å². The number of nitrogens with zero attached hydrogens (tertiary/aromatic N) is 1. The Hall–Kier alpha value is -2.61. The Kier molecular flexibility index (Phi) is 7.46. The number of carbonyl (C=O) groups is 1. The van der Waals surface area contributed by atoms with Crippen molar-refractivity contribution in [2.24, 2.45) is 0 Å². The van der Waals surface area contributed by atoms with Gasteiger partial charge in [-0.2, -0.15) is 0 Å². The fraction of sp³-hybridized carbons (Fsp3) is 0.318. The molecule has 5 nitrogen and oxygen atoms in total. The molecule has 154 valence electrons. The molecular weight excluding hydrogens is 378 g/mol. The number of aliphatic hydroxyl groups is 1. The summed E-state index contributed by atoms with van der Waals surface area (Å²) in [6.45, 7) is 3.65. The first kappa shape index (κ1) is 21.1. The van der Waals surface area contributed by atoms with Gasteiger partial charge in [-0.1, -0.05) is 36.4 Å². The predicted octanol–water partition coefficient (Wildman–Crippen LogP) is 2.66. The normalized spacial score (nSPS) is 16.1. The highest BCUT2D eigenvalue weighted by Crippen LogP contribution is 2.17. The molecule has 1 amide bonds. The van der Waals surface area contributed by atoms with Gasteiger partial charge in [-0.15, -0.1) is 0 Å². The number of rotatable bonds is 7. The number of halogens is 2. The molecule has 0 radical (unpaired) electrons. The van der Waals surface area contributed by atoms with Gasteiger partial charge in [0.25, 0.3) is 0 Å². The summed E-state index contributed by atoms with van der Waals surface area (Å²) in [6, 6.07) is 10.8. The Morgan fingerprint density at radius 3 is 2.72 bits per heavy atom. The van der Waals surface area contributed by atoms with Crippen LogP contribution in [0.25, 0.3) is 6.08 Å². The Morgan fingerprint density at radius 2 is 1.97 bits per heavy atom. The molecule has 29 heavy (non-hydrogen) atoms. The van der Waals surface area contributed by atoms with Gasteiger partial charge >= 0.3 is 0 Å². The molecule has 0 aromatic heterocycles. The van der Waals surface area contributed by atoms with Gasteiger partial charge in [-0.25, -0.2) is 8.78 Å². The lowest BCUT2D eigenvalue weighted by molar-refractivity contribution is -0.117. The van der Waals surface area contributed by atoms with E-state index in [0.717, 1.165) is 42.9 Å². The minimum Gasteiger partial charge on any atom is -0.394 e. The van der Waals surface area contributed by atoms with Crippen molar-refractivity contribution >= 4 is 12.0 Å². The van der Waals surface area contributed by atoms with Gasteiger partial charge in [0.05, 0.1) is 25.9 Å². The van der Waals surface area contributed by atoms with E-state index in [-0.39, 0.29) is 12.2 Å². The van der Waals surface area contributed by atoms with Gasteiger partial charge in [-0.3, -0.25) is 9.69 Å². The molecule has 1 aliphatic rings. The molecule has 1 atom stereocenters. The number of aliphatic hydroxyl groups excluding tert-OH is 1. The zero-order chi connectivity index (χ0) is 20.6. The number of nitrogens with one attached hydrogen (secondary N) is 1. The average molecular weight is 402 g/mol. The number of morpholine rings is 1. The zero-order valence-electron chi connectivity index (χ0n) is 16.0. The third-order valence-electron chi connectivity index (χ3n) is 4.76.